The second kappa shape index (κ2) is 6.95. The van der Waals surface area contributed by atoms with Crippen molar-refractivity contribution in [3.8, 4) is 0 Å². The van der Waals surface area contributed by atoms with Crippen LogP contribution in [0, 0.1) is 5.92 Å². The maximum Gasteiger partial charge on any atom is 0.321 e. The van der Waals surface area contributed by atoms with Gasteiger partial charge in [0, 0.05) is 25.0 Å². The van der Waals surface area contributed by atoms with E-state index in [-0.39, 0.29) is 17.9 Å². The van der Waals surface area contributed by atoms with Gasteiger partial charge in [-0.2, -0.15) is 5.10 Å². The number of amides is 3. The van der Waals surface area contributed by atoms with Crippen LogP contribution in [0.15, 0.2) is 42.7 Å². The topological polar surface area (TPSA) is 90.1 Å². The number of hydrogen-bond donors (Lipinski definition) is 3. The number of para-hydroxylation sites is 1. The van der Waals surface area contributed by atoms with Gasteiger partial charge in [-0.25, -0.2) is 4.79 Å². The Kier molecular flexibility index (Phi) is 4.56. The van der Waals surface area contributed by atoms with Crippen molar-refractivity contribution < 1.29 is 9.59 Å². The Morgan fingerprint density at radius 3 is 2.74 bits per heavy atom. The van der Waals surface area contributed by atoms with E-state index in [1.54, 1.807) is 17.3 Å². The molecule has 23 heavy (non-hydrogen) atoms. The normalized spacial score (nSPS) is 17.6. The zero-order valence-corrected chi connectivity index (χ0v) is 12.7. The summed E-state index contributed by atoms with van der Waals surface area (Å²) in [5.74, 6) is -0.240. The highest BCUT2D eigenvalue weighted by atomic mass is 16.2. The van der Waals surface area contributed by atoms with Gasteiger partial charge >= 0.3 is 6.03 Å². The van der Waals surface area contributed by atoms with Crippen LogP contribution in [0.1, 0.15) is 12.8 Å². The number of piperidine rings is 1. The van der Waals surface area contributed by atoms with E-state index in [1.165, 1.54) is 0 Å². The first-order chi connectivity index (χ1) is 11.2. The first kappa shape index (κ1) is 15.1. The molecule has 7 heteroatoms. The lowest BCUT2D eigenvalue weighted by molar-refractivity contribution is -0.121. The molecule has 1 aliphatic heterocycles. The number of likely N-dealkylation sites (tertiary alicyclic amines) is 1. The SMILES string of the molecule is O=C(Nc1ccccc1)[C@H]1CCCN(C(=O)Nc2cn[nH]c2)C1. The Morgan fingerprint density at radius 2 is 2.00 bits per heavy atom. The molecule has 1 aromatic carbocycles. The number of benzene rings is 1. The molecule has 1 aromatic heterocycles. The van der Waals surface area contributed by atoms with Crippen LogP contribution in [-0.4, -0.2) is 40.1 Å². The Balaban J connectivity index is 1.57. The number of rotatable bonds is 3. The quantitative estimate of drug-likeness (QED) is 0.812. The minimum Gasteiger partial charge on any atom is -0.326 e. The fourth-order valence-electron chi connectivity index (χ4n) is 2.66. The number of aromatic nitrogens is 2. The molecule has 2 aromatic rings. The van der Waals surface area contributed by atoms with Crippen molar-refractivity contribution in [1.82, 2.24) is 15.1 Å². The first-order valence-electron chi connectivity index (χ1n) is 7.63. The fourth-order valence-corrected chi connectivity index (χ4v) is 2.66. The van der Waals surface area contributed by atoms with Crippen LogP contribution in [0.25, 0.3) is 0 Å². The minimum absolute atomic E-state index is 0.0444. The third-order valence-corrected chi connectivity index (χ3v) is 3.87. The second-order valence-electron chi connectivity index (χ2n) is 5.56. The van der Waals surface area contributed by atoms with Gasteiger partial charge in [0.05, 0.1) is 17.8 Å². The third kappa shape index (κ3) is 3.88. The molecule has 2 heterocycles. The smallest absolute Gasteiger partial charge is 0.321 e. The Labute approximate surface area is 134 Å². The number of carbonyl (C=O) groups excluding carboxylic acids is 2. The van der Waals surface area contributed by atoms with Gasteiger partial charge in [0.1, 0.15) is 0 Å². The standard InChI is InChI=1S/C16H19N5O2/c22-15(19-13-6-2-1-3-7-13)12-5-4-8-21(11-12)16(23)20-14-9-17-18-10-14/h1-3,6-7,9-10,12H,4-5,8,11H2,(H,17,18)(H,19,22)(H,20,23)/t12-/m0/s1. The van der Waals surface area contributed by atoms with Crippen molar-refractivity contribution in [2.24, 2.45) is 5.92 Å². The molecule has 3 amide bonds. The minimum atomic E-state index is -0.205. The van der Waals surface area contributed by atoms with Crippen LogP contribution in [0.5, 0.6) is 0 Å². The molecule has 0 aliphatic carbocycles. The molecule has 0 unspecified atom stereocenters. The summed E-state index contributed by atoms with van der Waals surface area (Å²) in [6.45, 7) is 1.07. The molecule has 120 valence electrons. The predicted molar refractivity (Wildman–Crippen MR) is 87.0 cm³/mol. The van der Waals surface area contributed by atoms with Gasteiger partial charge in [-0.1, -0.05) is 18.2 Å². The average Bonchev–Trinajstić information content (AvgIpc) is 3.09. The average molecular weight is 313 g/mol. The van der Waals surface area contributed by atoms with Gasteiger partial charge in [-0.3, -0.25) is 9.89 Å². The summed E-state index contributed by atoms with van der Waals surface area (Å²) in [5, 5.41) is 12.1. The van der Waals surface area contributed by atoms with Crippen molar-refractivity contribution in [2.45, 2.75) is 12.8 Å². The van der Waals surface area contributed by atoms with Gasteiger partial charge in [-0.15, -0.1) is 0 Å². The lowest BCUT2D eigenvalue weighted by atomic mass is 9.97. The Morgan fingerprint density at radius 1 is 1.17 bits per heavy atom. The number of hydrogen-bond acceptors (Lipinski definition) is 3. The fraction of sp³-hybridized carbons (Fsp3) is 0.312. The number of anilines is 2. The summed E-state index contributed by atoms with van der Waals surface area (Å²) in [7, 11) is 0. The third-order valence-electron chi connectivity index (χ3n) is 3.87. The monoisotopic (exact) mass is 313 g/mol. The largest absolute Gasteiger partial charge is 0.326 e. The summed E-state index contributed by atoms with van der Waals surface area (Å²) >= 11 is 0. The van der Waals surface area contributed by atoms with Crippen molar-refractivity contribution in [1.29, 1.82) is 0 Å². The molecule has 3 rings (SSSR count). The Bertz CT molecular complexity index is 656. The Hall–Kier alpha value is -2.83. The van der Waals surface area contributed by atoms with Crippen LogP contribution in [-0.2, 0) is 4.79 Å². The lowest BCUT2D eigenvalue weighted by Crippen LogP contribution is -2.45. The molecule has 0 radical (unpaired) electrons. The van der Waals surface area contributed by atoms with E-state index in [4.69, 9.17) is 0 Å². The molecule has 0 saturated carbocycles. The number of aromatic amines is 1. The van der Waals surface area contributed by atoms with Gasteiger partial charge < -0.3 is 15.5 Å². The lowest BCUT2D eigenvalue weighted by Gasteiger charge is -2.31. The van der Waals surface area contributed by atoms with Crippen LogP contribution in [0.2, 0.25) is 0 Å². The molecule has 1 aliphatic rings. The number of carbonyl (C=O) groups is 2. The zero-order chi connectivity index (χ0) is 16.1. The van der Waals surface area contributed by atoms with Crippen molar-refractivity contribution in [3.63, 3.8) is 0 Å². The van der Waals surface area contributed by atoms with E-state index in [0.717, 1.165) is 18.5 Å². The van der Waals surface area contributed by atoms with Crippen LogP contribution in [0.3, 0.4) is 0 Å². The van der Waals surface area contributed by atoms with Crippen LogP contribution < -0.4 is 10.6 Å². The highest BCUT2D eigenvalue weighted by Gasteiger charge is 2.28. The first-order valence-corrected chi connectivity index (χ1v) is 7.63. The second-order valence-corrected chi connectivity index (χ2v) is 5.56. The molecule has 1 fully saturated rings. The summed E-state index contributed by atoms with van der Waals surface area (Å²) < 4.78 is 0. The molecular formula is C16H19N5O2. The molecule has 0 spiro atoms. The maximum absolute atomic E-state index is 12.4. The predicted octanol–water partition coefficient (Wildman–Crippen LogP) is 2.29. The van der Waals surface area contributed by atoms with Crippen LogP contribution in [0.4, 0.5) is 16.2 Å². The molecular weight excluding hydrogens is 294 g/mol. The molecule has 0 bridgehead atoms. The van der Waals surface area contributed by atoms with Crippen molar-refractivity contribution in [2.75, 3.05) is 23.7 Å². The zero-order valence-electron chi connectivity index (χ0n) is 12.7. The molecule has 1 saturated heterocycles. The van der Waals surface area contributed by atoms with Gasteiger partial charge in [-0.05, 0) is 25.0 Å². The molecule has 1 atom stereocenters. The van der Waals surface area contributed by atoms with Crippen LogP contribution >= 0.6 is 0 Å². The number of urea groups is 1. The number of nitrogens with zero attached hydrogens (tertiary/aromatic N) is 2. The van der Waals surface area contributed by atoms with E-state index in [0.29, 0.717) is 18.8 Å². The van der Waals surface area contributed by atoms with E-state index in [9.17, 15) is 9.59 Å². The van der Waals surface area contributed by atoms with Crippen molar-refractivity contribution >= 4 is 23.3 Å². The highest BCUT2D eigenvalue weighted by molar-refractivity contribution is 5.94. The van der Waals surface area contributed by atoms with E-state index < -0.39 is 0 Å². The summed E-state index contributed by atoms with van der Waals surface area (Å²) in [5.41, 5.74) is 1.39. The molecule has 7 nitrogen and oxygen atoms in total. The number of H-pyrrole nitrogens is 1. The highest BCUT2D eigenvalue weighted by Crippen LogP contribution is 2.19. The van der Waals surface area contributed by atoms with E-state index >= 15 is 0 Å². The molecule has 3 N–H and O–H groups in total. The summed E-state index contributed by atoms with van der Waals surface area (Å²) in [6, 6.07) is 9.15. The van der Waals surface area contributed by atoms with Gasteiger partial charge in [0.2, 0.25) is 5.91 Å². The van der Waals surface area contributed by atoms with Gasteiger partial charge in [0.25, 0.3) is 0 Å². The number of nitrogens with one attached hydrogen (secondary N) is 3. The van der Waals surface area contributed by atoms with Gasteiger partial charge in [0.15, 0.2) is 0 Å². The summed E-state index contributed by atoms with van der Waals surface area (Å²) in [6.07, 6.45) is 4.75. The summed E-state index contributed by atoms with van der Waals surface area (Å²) in [4.78, 5) is 26.3. The van der Waals surface area contributed by atoms with E-state index in [1.807, 2.05) is 30.3 Å². The van der Waals surface area contributed by atoms with E-state index in [2.05, 4.69) is 20.8 Å². The van der Waals surface area contributed by atoms with Crippen molar-refractivity contribution in [3.05, 3.63) is 42.7 Å². The maximum atomic E-state index is 12.4.